The minimum absolute atomic E-state index is 0.434. The van der Waals surface area contributed by atoms with Gasteiger partial charge in [0.2, 0.25) is 0 Å². The van der Waals surface area contributed by atoms with E-state index in [0.29, 0.717) is 18.1 Å². The Bertz CT molecular complexity index is 390. The molecule has 20 heavy (non-hydrogen) atoms. The van der Waals surface area contributed by atoms with Crippen LogP contribution in [0.25, 0.3) is 0 Å². The van der Waals surface area contributed by atoms with Crippen molar-refractivity contribution < 1.29 is 0 Å². The molecule has 112 valence electrons. The van der Waals surface area contributed by atoms with Crippen molar-refractivity contribution in [3.63, 3.8) is 0 Å². The normalized spacial score (nSPS) is 26.6. The number of hydrogen-bond acceptors (Lipinski definition) is 2. The summed E-state index contributed by atoms with van der Waals surface area (Å²) in [6, 6.07) is 12.6. The molecule has 0 radical (unpaired) electrons. The van der Waals surface area contributed by atoms with Crippen molar-refractivity contribution in [1.82, 2.24) is 10.2 Å². The molecule has 1 aliphatic rings. The minimum Gasteiger partial charge on any atom is -0.309 e. The van der Waals surface area contributed by atoms with E-state index in [2.05, 4.69) is 68.2 Å². The van der Waals surface area contributed by atoms with Gasteiger partial charge in [-0.05, 0) is 44.7 Å². The van der Waals surface area contributed by atoms with Crippen molar-refractivity contribution in [3.05, 3.63) is 35.9 Å². The monoisotopic (exact) mass is 274 g/mol. The van der Waals surface area contributed by atoms with Gasteiger partial charge in [0, 0.05) is 24.7 Å². The van der Waals surface area contributed by atoms with Crippen LogP contribution in [0.15, 0.2) is 30.3 Å². The molecule has 4 atom stereocenters. The summed E-state index contributed by atoms with van der Waals surface area (Å²) in [4.78, 5) is 2.69. The van der Waals surface area contributed by atoms with Gasteiger partial charge in [-0.25, -0.2) is 0 Å². The fourth-order valence-electron chi connectivity index (χ4n) is 3.62. The summed E-state index contributed by atoms with van der Waals surface area (Å²) in [5, 5.41) is 3.76. The lowest BCUT2D eigenvalue weighted by atomic mass is 9.98. The molecule has 1 saturated heterocycles. The average Bonchev–Trinajstić information content (AvgIpc) is 2.79. The maximum atomic E-state index is 3.76. The van der Waals surface area contributed by atoms with Gasteiger partial charge in [-0.1, -0.05) is 44.2 Å². The zero-order valence-corrected chi connectivity index (χ0v) is 13.5. The lowest BCUT2D eigenvalue weighted by Gasteiger charge is -2.35. The summed E-state index contributed by atoms with van der Waals surface area (Å²) in [5.74, 6) is 0.829. The predicted molar refractivity (Wildman–Crippen MR) is 86.9 cm³/mol. The Kier molecular flexibility index (Phi) is 5.62. The van der Waals surface area contributed by atoms with Crippen LogP contribution < -0.4 is 5.32 Å². The summed E-state index contributed by atoms with van der Waals surface area (Å²) in [5.41, 5.74) is 1.42. The molecule has 1 aromatic rings. The highest BCUT2D eigenvalue weighted by atomic mass is 15.2. The van der Waals surface area contributed by atoms with Crippen molar-refractivity contribution in [1.29, 1.82) is 0 Å². The van der Waals surface area contributed by atoms with Gasteiger partial charge >= 0.3 is 0 Å². The summed E-state index contributed by atoms with van der Waals surface area (Å²) in [6.45, 7) is 11.7. The fourth-order valence-corrected chi connectivity index (χ4v) is 3.62. The van der Waals surface area contributed by atoms with Crippen molar-refractivity contribution >= 4 is 0 Å². The van der Waals surface area contributed by atoms with Gasteiger partial charge in [-0.15, -0.1) is 0 Å². The summed E-state index contributed by atoms with van der Waals surface area (Å²) in [6.07, 6.45) is 2.52. The second-order valence-corrected chi connectivity index (χ2v) is 6.47. The first-order chi connectivity index (χ1) is 9.63. The van der Waals surface area contributed by atoms with Gasteiger partial charge in [0.25, 0.3) is 0 Å². The molecular weight excluding hydrogens is 244 g/mol. The van der Waals surface area contributed by atoms with E-state index < -0.39 is 0 Å². The number of nitrogens with one attached hydrogen (secondary N) is 1. The molecule has 2 heteroatoms. The van der Waals surface area contributed by atoms with Crippen LogP contribution in [-0.4, -0.2) is 30.1 Å². The topological polar surface area (TPSA) is 15.3 Å². The van der Waals surface area contributed by atoms with Crippen molar-refractivity contribution in [3.8, 4) is 0 Å². The van der Waals surface area contributed by atoms with Gasteiger partial charge in [0.1, 0.15) is 0 Å². The highest BCUT2D eigenvalue weighted by molar-refractivity contribution is 5.20. The maximum Gasteiger partial charge on any atom is 0.0475 e. The Morgan fingerprint density at radius 3 is 2.50 bits per heavy atom. The number of nitrogens with zero attached hydrogens (tertiary/aromatic N) is 1. The average molecular weight is 274 g/mol. The van der Waals surface area contributed by atoms with E-state index in [1.54, 1.807) is 0 Å². The molecule has 1 aliphatic heterocycles. The maximum absolute atomic E-state index is 3.76. The molecule has 0 amide bonds. The second-order valence-electron chi connectivity index (χ2n) is 6.47. The molecule has 1 aromatic carbocycles. The van der Waals surface area contributed by atoms with E-state index in [1.807, 2.05) is 0 Å². The van der Waals surface area contributed by atoms with Gasteiger partial charge in [0.15, 0.2) is 0 Å². The molecule has 2 nitrogen and oxygen atoms in total. The number of likely N-dealkylation sites (tertiary alicyclic amines) is 1. The fraction of sp³-hybridized carbons (Fsp3) is 0.667. The minimum atomic E-state index is 0.434. The summed E-state index contributed by atoms with van der Waals surface area (Å²) in [7, 11) is 0. The number of rotatable bonds is 6. The lowest BCUT2D eigenvalue weighted by molar-refractivity contribution is 0.160. The van der Waals surface area contributed by atoms with Crippen LogP contribution in [0.1, 0.15) is 52.1 Å². The number of benzene rings is 1. The molecule has 0 saturated carbocycles. The third kappa shape index (κ3) is 3.62. The Hall–Kier alpha value is -0.860. The zero-order valence-electron chi connectivity index (χ0n) is 13.5. The van der Waals surface area contributed by atoms with Crippen LogP contribution in [0.4, 0.5) is 0 Å². The van der Waals surface area contributed by atoms with Gasteiger partial charge in [-0.2, -0.15) is 0 Å². The van der Waals surface area contributed by atoms with E-state index in [4.69, 9.17) is 0 Å². The van der Waals surface area contributed by atoms with Crippen LogP contribution in [-0.2, 0) is 0 Å². The molecule has 2 rings (SSSR count). The quantitative estimate of drug-likeness (QED) is 0.847. The number of hydrogen-bond donors (Lipinski definition) is 1. The molecule has 0 aliphatic carbocycles. The molecule has 1 fully saturated rings. The molecule has 1 heterocycles. The van der Waals surface area contributed by atoms with Gasteiger partial charge in [-0.3, -0.25) is 4.90 Å². The first-order valence-corrected chi connectivity index (χ1v) is 8.17. The second kappa shape index (κ2) is 7.24. The van der Waals surface area contributed by atoms with Crippen molar-refractivity contribution in [2.75, 3.05) is 13.1 Å². The van der Waals surface area contributed by atoms with Gasteiger partial charge < -0.3 is 5.32 Å². The van der Waals surface area contributed by atoms with Crippen LogP contribution in [0.5, 0.6) is 0 Å². The van der Waals surface area contributed by atoms with E-state index in [0.717, 1.165) is 12.5 Å². The Morgan fingerprint density at radius 1 is 1.25 bits per heavy atom. The standard InChI is InChI=1S/C18H30N2/c1-5-11-19-18(17-9-7-6-8-10-17)16(4)20-13-14(2)12-15(20)3/h6-10,14-16,18-19H,5,11-13H2,1-4H3. The molecule has 1 N–H and O–H groups in total. The molecule has 4 unspecified atom stereocenters. The van der Waals surface area contributed by atoms with E-state index >= 15 is 0 Å². The Labute approximate surface area is 124 Å². The molecule has 0 spiro atoms. The van der Waals surface area contributed by atoms with E-state index in [1.165, 1.54) is 24.9 Å². The van der Waals surface area contributed by atoms with Crippen molar-refractivity contribution in [2.24, 2.45) is 5.92 Å². The SMILES string of the molecule is CCCNC(c1ccccc1)C(C)N1CC(C)CC1C. The zero-order chi connectivity index (χ0) is 14.5. The lowest BCUT2D eigenvalue weighted by Crippen LogP contribution is -2.44. The van der Waals surface area contributed by atoms with Crippen LogP contribution in [0.2, 0.25) is 0 Å². The third-order valence-electron chi connectivity index (χ3n) is 4.61. The molecule has 0 bridgehead atoms. The Morgan fingerprint density at radius 2 is 1.95 bits per heavy atom. The first-order valence-electron chi connectivity index (χ1n) is 8.17. The highest BCUT2D eigenvalue weighted by Crippen LogP contribution is 2.30. The molecule has 0 aromatic heterocycles. The van der Waals surface area contributed by atoms with E-state index in [9.17, 15) is 0 Å². The highest BCUT2D eigenvalue weighted by Gasteiger charge is 2.33. The summed E-state index contributed by atoms with van der Waals surface area (Å²) >= 11 is 0. The largest absolute Gasteiger partial charge is 0.309 e. The Balaban J connectivity index is 2.13. The predicted octanol–water partition coefficient (Wildman–Crippen LogP) is 3.85. The van der Waals surface area contributed by atoms with Gasteiger partial charge in [0.05, 0.1) is 0 Å². The summed E-state index contributed by atoms with van der Waals surface area (Å²) < 4.78 is 0. The van der Waals surface area contributed by atoms with Crippen molar-refractivity contribution in [2.45, 2.75) is 58.7 Å². The molecular formula is C18H30N2. The van der Waals surface area contributed by atoms with Crippen LogP contribution in [0, 0.1) is 5.92 Å². The smallest absolute Gasteiger partial charge is 0.0475 e. The van der Waals surface area contributed by atoms with Crippen LogP contribution in [0.3, 0.4) is 0 Å². The first kappa shape index (κ1) is 15.5. The van der Waals surface area contributed by atoms with E-state index in [-0.39, 0.29) is 0 Å². The van der Waals surface area contributed by atoms with Crippen LogP contribution >= 0.6 is 0 Å². The third-order valence-corrected chi connectivity index (χ3v) is 4.61.